The van der Waals surface area contributed by atoms with Gasteiger partial charge in [-0.05, 0) is 48.7 Å². The van der Waals surface area contributed by atoms with Crippen molar-refractivity contribution in [2.24, 2.45) is 0 Å². The van der Waals surface area contributed by atoms with Gasteiger partial charge in [-0.25, -0.2) is 0 Å². The number of rotatable bonds is 2. The van der Waals surface area contributed by atoms with Crippen LogP contribution in [0.2, 0.25) is 0 Å². The summed E-state index contributed by atoms with van der Waals surface area (Å²) < 4.78 is 5.48. The summed E-state index contributed by atoms with van der Waals surface area (Å²) in [4.78, 5) is 29.6. The third-order valence-corrected chi connectivity index (χ3v) is 6.03. The summed E-state index contributed by atoms with van der Waals surface area (Å²) >= 11 is 0. The summed E-state index contributed by atoms with van der Waals surface area (Å²) in [7, 11) is 0. The van der Waals surface area contributed by atoms with Crippen LogP contribution in [0, 0.1) is 6.92 Å². The maximum Gasteiger partial charge on any atom is 0.254 e. The van der Waals surface area contributed by atoms with Crippen LogP contribution >= 0.6 is 0 Å². The molecule has 3 aromatic rings. The van der Waals surface area contributed by atoms with E-state index in [-0.39, 0.29) is 11.8 Å². The molecule has 1 aromatic heterocycles. The van der Waals surface area contributed by atoms with Gasteiger partial charge in [0.1, 0.15) is 0 Å². The van der Waals surface area contributed by atoms with Crippen molar-refractivity contribution >= 4 is 17.5 Å². The number of carbonyl (C=O) groups is 2. The van der Waals surface area contributed by atoms with E-state index in [0.29, 0.717) is 37.0 Å². The largest absolute Gasteiger partial charge is 0.421 e. The Hall–Kier alpha value is -3.48. The van der Waals surface area contributed by atoms with Crippen LogP contribution in [0.25, 0.3) is 11.5 Å². The van der Waals surface area contributed by atoms with E-state index >= 15 is 0 Å². The Morgan fingerprint density at radius 1 is 0.879 bits per heavy atom. The van der Waals surface area contributed by atoms with Crippen molar-refractivity contribution in [1.29, 1.82) is 0 Å². The fourth-order valence-electron chi connectivity index (χ4n) is 4.27. The first kappa shape index (κ1) is 22.7. The van der Waals surface area contributed by atoms with Gasteiger partial charge >= 0.3 is 0 Å². The minimum absolute atomic E-state index is 0.0236. The average molecular weight is 447 g/mol. The zero-order chi connectivity index (χ0) is 23.2. The Kier molecular flexibility index (Phi) is 7.17. The van der Waals surface area contributed by atoms with Gasteiger partial charge in [0.15, 0.2) is 0 Å². The second-order valence-electron chi connectivity index (χ2n) is 8.50. The molecule has 0 spiro atoms. The molecule has 2 aromatic carbocycles. The van der Waals surface area contributed by atoms with Crippen molar-refractivity contribution in [2.75, 3.05) is 18.0 Å². The van der Waals surface area contributed by atoms with Crippen molar-refractivity contribution in [3.63, 3.8) is 0 Å². The third-order valence-electron chi connectivity index (χ3n) is 6.03. The summed E-state index contributed by atoms with van der Waals surface area (Å²) in [5.74, 6) is 0.951. The molecule has 0 radical (unpaired) electrons. The van der Waals surface area contributed by atoms with Gasteiger partial charge < -0.3 is 14.2 Å². The predicted octanol–water partition coefficient (Wildman–Crippen LogP) is 5.00. The van der Waals surface area contributed by atoms with Gasteiger partial charge in [-0.2, -0.15) is 0 Å². The molecule has 33 heavy (non-hydrogen) atoms. The Bertz CT molecular complexity index is 1110. The summed E-state index contributed by atoms with van der Waals surface area (Å²) in [6, 6.07) is 15.2. The molecular formula is C26H30N4O3. The number of benzene rings is 2. The van der Waals surface area contributed by atoms with Gasteiger partial charge in [0, 0.05) is 50.3 Å². The fourth-order valence-corrected chi connectivity index (χ4v) is 4.27. The Morgan fingerprint density at radius 2 is 1.58 bits per heavy atom. The number of nitrogens with zero attached hydrogens (tertiary/aromatic N) is 4. The molecule has 1 aliphatic rings. The number of anilines is 1. The molecule has 1 aliphatic heterocycles. The quantitative estimate of drug-likeness (QED) is 0.553. The van der Waals surface area contributed by atoms with Crippen LogP contribution in [-0.4, -0.2) is 40.0 Å². The van der Waals surface area contributed by atoms with E-state index in [1.807, 2.05) is 46.2 Å². The van der Waals surface area contributed by atoms with Gasteiger partial charge in [0.05, 0.1) is 0 Å². The van der Waals surface area contributed by atoms with Crippen molar-refractivity contribution in [3.05, 3.63) is 65.5 Å². The molecule has 0 aliphatic carbocycles. The van der Waals surface area contributed by atoms with Crippen LogP contribution in [0.15, 0.2) is 52.9 Å². The number of para-hydroxylation sites is 1. The Morgan fingerprint density at radius 3 is 2.27 bits per heavy atom. The normalized spacial score (nSPS) is 15.3. The van der Waals surface area contributed by atoms with Gasteiger partial charge in [-0.1, -0.05) is 37.5 Å². The summed E-state index contributed by atoms with van der Waals surface area (Å²) in [6.45, 7) is 5.20. The Balaban J connectivity index is 1.60. The molecule has 0 unspecified atom stereocenters. The second kappa shape index (κ2) is 10.4. The number of hydrogen-bond acceptors (Lipinski definition) is 5. The highest BCUT2D eigenvalue weighted by molar-refractivity contribution is 5.95. The molecule has 0 atom stereocenters. The zero-order valence-electron chi connectivity index (χ0n) is 19.3. The second-order valence-corrected chi connectivity index (χ2v) is 8.50. The highest BCUT2D eigenvalue weighted by atomic mass is 16.4. The predicted molar refractivity (Wildman–Crippen MR) is 127 cm³/mol. The van der Waals surface area contributed by atoms with E-state index in [1.54, 1.807) is 26.0 Å². The third kappa shape index (κ3) is 5.48. The first-order chi connectivity index (χ1) is 16.0. The van der Waals surface area contributed by atoms with E-state index in [9.17, 15) is 9.59 Å². The molecule has 0 N–H and O–H groups in total. The van der Waals surface area contributed by atoms with Gasteiger partial charge in [0.25, 0.3) is 5.91 Å². The van der Waals surface area contributed by atoms with Crippen molar-refractivity contribution in [1.82, 2.24) is 15.1 Å². The number of hydrogen-bond donors (Lipinski definition) is 0. The number of aryl methyl sites for hydroxylation is 1. The summed E-state index contributed by atoms with van der Waals surface area (Å²) in [5, 5.41) is 7.91. The van der Waals surface area contributed by atoms with Gasteiger partial charge in [0.2, 0.25) is 17.7 Å². The monoisotopic (exact) mass is 446 g/mol. The lowest BCUT2D eigenvalue weighted by molar-refractivity contribution is -0.116. The number of carbonyl (C=O) groups excluding carboxylic acids is 2. The molecule has 0 saturated carbocycles. The zero-order valence-corrected chi connectivity index (χ0v) is 19.3. The number of amides is 2. The standard InChI is InChI=1S/C26H30N4O3/c1-19-27-28-25(33-19)21-12-14-22(15-13-21)26(32)29-16-8-4-3-5-9-17-30(20(2)31)24-11-7-6-10-23(24)18-29/h6-7,10-15H,3-5,8-9,16-18H2,1-2H3. The molecule has 0 saturated heterocycles. The topological polar surface area (TPSA) is 79.5 Å². The molecular weight excluding hydrogens is 416 g/mol. The van der Waals surface area contributed by atoms with E-state index < -0.39 is 0 Å². The number of aromatic nitrogens is 2. The molecule has 7 heteroatoms. The highest BCUT2D eigenvalue weighted by Gasteiger charge is 2.21. The summed E-state index contributed by atoms with van der Waals surface area (Å²) in [5.41, 5.74) is 3.27. The number of fused-ring (bicyclic) bond motifs is 1. The first-order valence-corrected chi connectivity index (χ1v) is 11.6. The van der Waals surface area contributed by atoms with E-state index in [1.165, 1.54) is 0 Å². The van der Waals surface area contributed by atoms with Crippen LogP contribution in [-0.2, 0) is 11.3 Å². The molecule has 4 rings (SSSR count). The molecule has 0 bridgehead atoms. The van der Waals surface area contributed by atoms with Gasteiger partial charge in [-0.3, -0.25) is 9.59 Å². The first-order valence-electron chi connectivity index (χ1n) is 11.6. The molecule has 172 valence electrons. The van der Waals surface area contributed by atoms with Crippen molar-refractivity contribution < 1.29 is 14.0 Å². The van der Waals surface area contributed by atoms with E-state index in [2.05, 4.69) is 10.2 Å². The molecule has 0 fully saturated rings. The van der Waals surface area contributed by atoms with Crippen molar-refractivity contribution in [2.45, 2.75) is 52.5 Å². The minimum atomic E-state index is -0.0236. The van der Waals surface area contributed by atoms with Crippen LogP contribution in [0.3, 0.4) is 0 Å². The van der Waals surface area contributed by atoms with Crippen molar-refractivity contribution in [3.8, 4) is 11.5 Å². The van der Waals surface area contributed by atoms with E-state index in [0.717, 1.165) is 48.9 Å². The molecule has 2 amide bonds. The lowest BCUT2D eigenvalue weighted by Crippen LogP contribution is -2.34. The highest BCUT2D eigenvalue weighted by Crippen LogP contribution is 2.25. The minimum Gasteiger partial charge on any atom is -0.421 e. The van der Waals surface area contributed by atoms with Crippen LogP contribution in [0.4, 0.5) is 5.69 Å². The summed E-state index contributed by atoms with van der Waals surface area (Å²) in [6.07, 6.45) is 5.21. The fraction of sp³-hybridized carbons (Fsp3) is 0.385. The average Bonchev–Trinajstić information content (AvgIpc) is 3.25. The van der Waals surface area contributed by atoms with Crippen LogP contribution < -0.4 is 4.90 Å². The lowest BCUT2D eigenvalue weighted by atomic mass is 10.1. The molecule has 2 heterocycles. The van der Waals surface area contributed by atoms with Crippen LogP contribution in [0.1, 0.15) is 60.8 Å². The lowest BCUT2D eigenvalue weighted by Gasteiger charge is -2.29. The van der Waals surface area contributed by atoms with E-state index in [4.69, 9.17) is 4.42 Å². The smallest absolute Gasteiger partial charge is 0.254 e. The Labute approximate surface area is 194 Å². The van der Waals surface area contributed by atoms with Gasteiger partial charge in [-0.15, -0.1) is 10.2 Å². The van der Waals surface area contributed by atoms with Crippen LogP contribution in [0.5, 0.6) is 0 Å². The maximum atomic E-state index is 13.5. The molecule has 7 nitrogen and oxygen atoms in total. The maximum absolute atomic E-state index is 13.5. The SMILES string of the molecule is CC(=O)N1CCCCCCCN(C(=O)c2ccc(-c3nnc(C)o3)cc2)Cc2ccccc21.